The number of benzene rings is 1. The fraction of sp³-hybridized carbons (Fsp3) is 0.176. The first-order valence-corrected chi connectivity index (χ1v) is 9.41. The molecule has 2 heterocycles. The fourth-order valence-corrected chi connectivity index (χ4v) is 3.35. The Kier molecular flexibility index (Phi) is 5.57. The maximum Gasteiger partial charge on any atom is 0.324 e. The van der Waals surface area contributed by atoms with Crippen molar-refractivity contribution < 1.29 is 22.5 Å². The number of nitrogens with one attached hydrogen (secondary N) is 1. The molecule has 0 unspecified atom stereocenters. The summed E-state index contributed by atoms with van der Waals surface area (Å²) < 4.78 is 36.8. The zero-order valence-electron chi connectivity index (χ0n) is 14.3. The Labute approximate surface area is 155 Å². The van der Waals surface area contributed by atoms with Crippen molar-refractivity contribution in [1.29, 1.82) is 0 Å². The van der Waals surface area contributed by atoms with E-state index in [0.29, 0.717) is 11.4 Å². The van der Waals surface area contributed by atoms with Crippen LogP contribution in [0.15, 0.2) is 64.3 Å². The van der Waals surface area contributed by atoms with Gasteiger partial charge >= 0.3 is 5.97 Å². The lowest BCUT2D eigenvalue weighted by Crippen LogP contribution is -2.39. The lowest BCUT2D eigenvalue weighted by Gasteiger charge is -2.13. The highest BCUT2D eigenvalue weighted by Crippen LogP contribution is 2.14. The normalized spacial score (nSPS) is 12.5. The van der Waals surface area contributed by atoms with Crippen molar-refractivity contribution in [3.05, 3.63) is 60.7 Å². The van der Waals surface area contributed by atoms with Gasteiger partial charge < -0.3 is 9.26 Å². The first-order valence-electron chi connectivity index (χ1n) is 7.93. The van der Waals surface area contributed by atoms with Gasteiger partial charge in [-0.3, -0.25) is 9.78 Å². The predicted molar refractivity (Wildman–Crippen MR) is 93.6 cm³/mol. The molecule has 0 radical (unpaired) electrons. The number of ether oxygens (including phenoxy) is 1. The van der Waals surface area contributed by atoms with Crippen LogP contribution in [0.3, 0.4) is 0 Å². The molecule has 0 bridgehead atoms. The molecule has 0 aliphatic heterocycles. The Morgan fingerprint density at radius 2 is 2.00 bits per heavy atom. The number of sulfonamides is 1. The van der Waals surface area contributed by atoms with Crippen molar-refractivity contribution in [2.24, 2.45) is 0 Å². The molecule has 0 spiro atoms. The molecule has 0 aliphatic rings. The molecule has 1 aromatic carbocycles. The van der Waals surface area contributed by atoms with E-state index in [1.54, 1.807) is 42.7 Å². The molecule has 0 saturated heterocycles. The summed E-state index contributed by atoms with van der Waals surface area (Å²) in [7, 11) is -3.83. The van der Waals surface area contributed by atoms with Crippen LogP contribution in [0, 0.1) is 0 Å². The van der Waals surface area contributed by atoms with Crippen LogP contribution in [0.4, 0.5) is 0 Å². The zero-order chi connectivity index (χ0) is 19.3. The molecule has 0 saturated carbocycles. The van der Waals surface area contributed by atoms with Crippen LogP contribution in [0.25, 0.3) is 11.4 Å². The van der Waals surface area contributed by atoms with E-state index in [2.05, 4.69) is 19.8 Å². The topological polar surface area (TPSA) is 124 Å². The average Bonchev–Trinajstić information content (AvgIpc) is 3.16. The van der Waals surface area contributed by atoms with Gasteiger partial charge in [0.05, 0.1) is 4.90 Å². The van der Waals surface area contributed by atoms with Gasteiger partial charge in [0.2, 0.25) is 15.8 Å². The Morgan fingerprint density at radius 1 is 1.22 bits per heavy atom. The molecule has 2 aromatic heterocycles. The summed E-state index contributed by atoms with van der Waals surface area (Å²) in [6, 6.07) is 10.1. The van der Waals surface area contributed by atoms with Gasteiger partial charge in [0.1, 0.15) is 6.04 Å². The van der Waals surface area contributed by atoms with Crippen LogP contribution in [0.1, 0.15) is 12.8 Å². The average molecular weight is 388 g/mol. The van der Waals surface area contributed by atoms with Gasteiger partial charge in [-0.05, 0) is 31.2 Å². The van der Waals surface area contributed by atoms with Gasteiger partial charge in [0, 0.05) is 18.0 Å². The lowest BCUT2D eigenvalue weighted by molar-refractivity contribution is -0.147. The third-order valence-corrected chi connectivity index (χ3v) is 5.02. The van der Waals surface area contributed by atoms with Crippen LogP contribution in [-0.2, 0) is 26.2 Å². The molecule has 9 nitrogen and oxygen atoms in total. The minimum absolute atomic E-state index is 0.0580. The summed E-state index contributed by atoms with van der Waals surface area (Å²) in [4.78, 5) is 20.2. The maximum absolute atomic E-state index is 12.2. The van der Waals surface area contributed by atoms with Crippen molar-refractivity contribution in [1.82, 2.24) is 19.8 Å². The number of rotatable bonds is 7. The van der Waals surface area contributed by atoms with E-state index >= 15 is 0 Å². The van der Waals surface area contributed by atoms with E-state index in [-0.39, 0.29) is 17.4 Å². The largest absolute Gasteiger partial charge is 0.454 e. The van der Waals surface area contributed by atoms with E-state index in [1.807, 2.05) is 0 Å². The molecule has 140 valence electrons. The number of pyridine rings is 1. The number of hydrogen-bond donors (Lipinski definition) is 1. The number of hydrogen-bond acceptors (Lipinski definition) is 8. The highest BCUT2D eigenvalue weighted by molar-refractivity contribution is 7.89. The van der Waals surface area contributed by atoms with Crippen molar-refractivity contribution in [2.75, 3.05) is 0 Å². The summed E-state index contributed by atoms with van der Waals surface area (Å²) in [6.45, 7) is 1.11. The van der Waals surface area contributed by atoms with Crippen LogP contribution < -0.4 is 4.72 Å². The quantitative estimate of drug-likeness (QED) is 0.605. The monoisotopic (exact) mass is 388 g/mol. The van der Waals surface area contributed by atoms with Crippen molar-refractivity contribution in [2.45, 2.75) is 24.5 Å². The number of nitrogens with zero attached hydrogens (tertiary/aromatic N) is 3. The molecular formula is C17H16N4O5S. The summed E-state index contributed by atoms with van der Waals surface area (Å²) in [5.41, 5.74) is 0.655. The van der Waals surface area contributed by atoms with Crippen molar-refractivity contribution in [3.63, 3.8) is 0 Å². The lowest BCUT2D eigenvalue weighted by atomic mass is 10.3. The third-order valence-electron chi connectivity index (χ3n) is 3.46. The Morgan fingerprint density at radius 3 is 2.70 bits per heavy atom. The van der Waals surface area contributed by atoms with Crippen LogP contribution in [-0.4, -0.2) is 35.6 Å². The smallest absolute Gasteiger partial charge is 0.324 e. The van der Waals surface area contributed by atoms with E-state index in [9.17, 15) is 13.2 Å². The Bertz CT molecular complexity index is 1010. The first-order chi connectivity index (χ1) is 13.0. The molecular weight excluding hydrogens is 372 g/mol. The van der Waals surface area contributed by atoms with Gasteiger partial charge in [-0.1, -0.05) is 23.4 Å². The molecule has 1 N–H and O–H groups in total. The minimum atomic E-state index is -3.83. The van der Waals surface area contributed by atoms with Crippen LogP contribution in [0.5, 0.6) is 0 Å². The van der Waals surface area contributed by atoms with E-state index < -0.39 is 22.0 Å². The number of esters is 1. The third kappa shape index (κ3) is 4.74. The Balaban J connectivity index is 1.57. The highest BCUT2D eigenvalue weighted by Gasteiger charge is 2.23. The highest BCUT2D eigenvalue weighted by atomic mass is 32.2. The summed E-state index contributed by atoms with van der Waals surface area (Å²) in [6.07, 6.45) is 3.19. The molecule has 3 rings (SSSR count). The van der Waals surface area contributed by atoms with Crippen LogP contribution in [0.2, 0.25) is 0 Å². The molecule has 3 aromatic rings. The predicted octanol–water partition coefficient (Wildman–Crippen LogP) is 1.54. The molecule has 27 heavy (non-hydrogen) atoms. The summed E-state index contributed by atoms with van der Waals surface area (Å²) in [5, 5.41) is 3.78. The second-order valence-corrected chi connectivity index (χ2v) is 7.23. The van der Waals surface area contributed by atoms with Crippen molar-refractivity contribution >= 4 is 16.0 Å². The molecule has 1 atom stereocenters. The number of carbonyl (C=O) groups is 1. The number of aromatic nitrogens is 3. The second kappa shape index (κ2) is 8.06. The summed E-state index contributed by atoms with van der Waals surface area (Å²) >= 11 is 0. The zero-order valence-corrected chi connectivity index (χ0v) is 15.1. The number of carbonyl (C=O) groups excluding carboxylic acids is 1. The van der Waals surface area contributed by atoms with Crippen LogP contribution >= 0.6 is 0 Å². The first kappa shape index (κ1) is 18.7. The standard InChI is InChI=1S/C17H16N4O5S/c1-12(21-27(23,24)14-7-3-2-4-8-14)17(22)25-11-15-19-16(20-26-15)13-6-5-9-18-10-13/h2-10,12,21H,11H2,1H3/t12-/m0/s1. The fourth-order valence-electron chi connectivity index (χ4n) is 2.13. The van der Waals surface area contributed by atoms with E-state index in [0.717, 1.165) is 0 Å². The second-order valence-electron chi connectivity index (χ2n) is 5.52. The SMILES string of the molecule is C[C@H](NS(=O)(=O)c1ccccc1)C(=O)OCc1nc(-c2cccnc2)no1. The van der Waals surface area contributed by atoms with E-state index in [4.69, 9.17) is 9.26 Å². The molecule has 0 aliphatic carbocycles. The molecule has 10 heteroatoms. The van der Waals surface area contributed by atoms with Gasteiger partial charge in [-0.25, -0.2) is 8.42 Å². The van der Waals surface area contributed by atoms with Gasteiger partial charge in [0.15, 0.2) is 6.61 Å². The summed E-state index contributed by atoms with van der Waals surface area (Å²) in [5.74, 6) is -0.372. The van der Waals surface area contributed by atoms with Crippen molar-refractivity contribution in [3.8, 4) is 11.4 Å². The maximum atomic E-state index is 12.2. The minimum Gasteiger partial charge on any atom is -0.454 e. The van der Waals surface area contributed by atoms with Gasteiger partial charge in [-0.15, -0.1) is 0 Å². The molecule has 0 amide bonds. The Hall–Kier alpha value is -3.11. The van der Waals surface area contributed by atoms with E-state index in [1.165, 1.54) is 19.1 Å². The van der Waals surface area contributed by atoms with Gasteiger partial charge in [-0.2, -0.15) is 9.71 Å². The van der Waals surface area contributed by atoms with Gasteiger partial charge in [0.25, 0.3) is 5.89 Å². The molecule has 0 fully saturated rings.